The summed E-state index contributed by atoms with van der Waals surface area (Å²) < 4.78 is 5.43. The largest absolute Gasteiger partial charge is 0.381 e. The molecule has 1 atom stereocenters. The fourth-order valence-electron chi connectivity index (χ4n) is 2.42. The van der Waals surface area contributed by atoms with Gasteiger partial charge in [0.1, 0.15) is 5.82 Å². The molecule has 0 spiro atoms. The van der Waals surface area contributed by atoms with Crippen molar-refractivity contribution in [1.82, 2.24) is 14.9 Å². The maximum Gasteiger partial charge on any atom is 0.321 e. The second-order valence-electron chi connectivity index (χ2n) is 6.74. The van der Waals surface area contributed by atoms with Gasteiger partial charge in [-0.2, -0.15) is 0 Å². The average molecular weight is 306 g/mol. The Balaban J connectivity index is 1.87. The van der Waals surface area contributed by atoms with E-state index in [2.05, 4.69) is 36.1 Å². The number of nitrogens with zero attached hydrogens (tertiary/aromatic N) is 3. The lowest BCUT2D eigenvalue weighted by Crippen LogP contribution is -2.33. The Morgan fingerprint density at radius 1 is 1.41 bits per heavy atom. The van der Waals surface area contributed by atoms with Crippen LogP contribution in [0.25, 0.3) is 0 Å². The van der Waals surface area contributed by atoms with Gasteiger partial charge in [-0.3, -0.25) is 0 Å². The highest BCUT2D eigenvalue weighted by Crippen LogP contribution is 2.20. The van der Waals surface area contributed by atoms with E-state index in [-0.39, 0.29) is 11.4 Å². The molecule has 1 saturated heterocycles. The Morgan fingerprint density at radius 3 is 2.68 bits per heavy atom. The predicted molar refractivity (Wildman–Crippen MR) is 85.9 cm³/mol. The zero-order valence-corrected chi connectivity index (χ0v) is 13.9. The summed E-state index contributed by atoms with van der Waals surface area (Å²) in [6.07, 6.45) is 4.32. The standard InChI is InChI=1S/C16H26N4O2/c1-5-22-11-12-6-7-20(10-12)15(21)19-13-8-17-14(18-9-13)16(2,3)4/h8-9,12H,5-7,10-11H2,1-4H3,(H,19,21). The molecule has 1 N–H and O–H groups in total. The Kier molecular flexibility index (Phi) is 5.34. The lowest BCUT2D eigenvalue weighted by molar-refractivity contribution is 0.113. The SMILES string of the molecule is CCOCC1CCN(C(=O)Nc2cnc(C(C)(C)C)nc2)C1. The van der Waals surface area contributed by atoms with Crippen molar-refractivity contribution in [3.05, 3.63) is 18.2 Å². The van der Waals surface area contributed by atoms with E-state index in [1.54, 1.807) is 12.4 Å². The van der Waals surface area contributed by atoms with Crippen LogP contribution in [-0.2, 0) is 10.2 Å². The maximum atomic E-state index is 12.2. The van der Waals surface area contributed by atoms with Crippen LogP contribution >= 0.6 is 0 Å². The minimum atomic E-state index is -0.0933. The van der Waals surface area contributed by atoms with Crippen LogP contribution in [0.5, 0.6) is 0 Å². The van der Waals surface area contributed by atoms with E-state index >= 15 is 0 Å². The smallest absolute Gasteiger partial charge is 0.321 e. The second-order valence-corrected chi connectivity index (χ2v) is 6.74. The zero-order valence-electron chi connectivity index (χ0n) is 13.9. The monoisotopic (exact) mass is 306 g/mol. The van der Waals surface area contributed by atoms with Gasteiger partial charge in [0.2, 0.25) is 0 Å². The summed E-state index contributed by atoms with van der Waals surface area (Å²) in [5.74, 6) is 1.20. The highest BCUT2D eigenvalue weighted by atomic mass is 16.5. The van der Waals surface area contributed by atoms with Crippen LogP contribution in [0.2, 0.25) is 0 Å². The molecule has 0 aromatic carbocycles. The van der Waals surface area contributed by atoms with Crippen LogP contribution in [-0.4, -0.2) is 47.2 Å². The first-order chi connectivity index (χ1) is 10.4. The molecule has 0 radical (unpaired) electrons. The van der Waals surface area contributed by atoms with Crippen LogP contribution in [0.1, 0.15) is 39.9 Å². The summed E-state index contributed by atoms with van der Waals surface area (Å²) in [6, 6.07) is -0.0916. The summed E-state index contributed by atoms with van der Waals surface area (Å²) in [4.78, 5) is 22.7. The number of likely N-dealkylation sites (tertiary alicyclic amines) is 1. The van der Waals surface area contributed by atoms with Crippen LogP contribution in [0.4, 0.5) is 10.5 Å². The number of carbonyl (C=O) groups is 1. The van der Waals surface area contributed by atoms with E-state index in [1.807, 2.05) is 11.8 Å². The van der Waals surface area contributed by atoms with E-state index in [0.717, 1.165) is 38.5 Å². The average Bonchev–Trinajstić information content (AvgIpc) is 2.93. The number of nitrogens with one attached hydrogen (secondary N) is 1. The highest BCUT2D eigenvalue weighted by molar-refractivity contribution is 5.89. The number of rotatable bonds is 4. The number of ether oxygens (including phenoxy) is 1. The third-order valence-corrected chi connectivity index (χ3v) is 3.70. The third kappa shape index (κ3) is 4.40. The number of anilines is 1. The normalized spacial score (nSPS) is 18.5. The molecule has 2 amide bonds. The molecule has 1 aromatic rings. The van der Waals surface area contributed by atoms with Gasteiger partial charge in [0.25, 0.3) is 0 Å². The van der Waals surface area contributed by atoms with Gasteiger partial charge in [-0.1, -0.05) is 20.8 Å². The quantitative estimate of drug-likeness (QED) is 0.928. The van der Waals surface area contributed by atoms with Gasteiger partial charge in [-0.05, 0) is 13.3 Å². The van der Waals surface area contributed by atoms with Crippen molar-refractivity contribution >= 4 is 11.7 Å². The number of hydrogen-bond acceptors (Lipinski definition) is 4. The topological polar surface area (TPSA) is 67.3 Å². The fourth-order valence-corrected chi connectivity index (χ4v) is 2.42. The van der Waals surface area contributed by atoms with Gasteiger partial charge in [0, 0.05) is 31.0 Å². The van der Waals surface area contributed by atoms with Crippen LogP contribution in [0, 0.1) is 5.92 Å². The van der Waals surface area contributed by atoms with Gasteiger partial charge < -0.3 is 15.0 Å². The summed E-state index contributed by atoms with van der Waals surface area (Å²) in [6.45, 7) is 11.1. The first-order valence-corrected chi connectivity index (χ1v) is 7.86. The van der Waals surface area contributed by atoms with Crippen molar-refractivity contribution in [3.8, 4) is 0 Å². The molecule has 1 aliphatic heterocycles. The Labute approximate surface area is 132 Å². The lowest BCUT2D eigenvalue weighted by atomic mass is 9.96. The van der Waals surface area contributed by atoms with E-state index in [9.17, 15) is 4.79 Å². The van der Waals surface area contributed by atoms with E-state index in [1.165, 1.54) is 0 Å². The minimum Gasteiger partial charge on any atom is -0.381 e. The van der Waals surface area contributed by atoms with Crippen molar-refractivity contribution < 1.29 is 9.53 Å². The van der Waals surface area contributed by atoms with Crippen LogP contribution in [0.15, 0.2) is 12.4 Å². The van der Waals surface area contributed by atoms with Crippen molar-refractivity contribution in [2.24, 2.45) is 5.92 Å². The Bertz CT molecular complexity index is 496. The van der Waals surface area contributed by atoms with Crippen molar-refractivity contribution in [1.29, 1.82) is 0 Å². The Morgan fingerprint density at radius 2 is 2.09 bits per heavy atom. The molecule has 6 heteroatoms. The van der Waals surface area contributed by atoms with Gasteiger partial charge >= 0.3 is 6.03 Å². The summed E-state index contributed by atoms with van der Waals surface area (Å²) in [5, 5.41) is 2.86. The van der Waals surface area contributed by atoms with Crippen molar-refractivity contribution in [3.63, 3.8) is 0 Å². The molecule has 1 aliphatic rings. The molecule has 1 aromatic heterocycles. The molecule has 122 valence electrons. The van der Waals surface area contributed by atoms with E-state index in [0.29, 0.717) is 11.6 Å². The zero-order chi connectivity index (χ0) is 16.2. The van der Waals surface area contributed by atoms with Crippen LogP contribution < -0.4 is 5.32 Å². The number of urea groups is 1. The van der Waals surface area contributed by atoms with Gasteiger partial charge in [-0.25, -0.2) is 14.8 Å². The summed E-state index contributed by atoms with van der Waals surface area (Å²) in [7, 11) is 0. The first-order valence-electron chi connectivity index (χ1n) is 7.86. The fraction of sp³-hybridized carbons (Fsp3) is 0.688. The van der Waals surface area contributed by atoms with Gasteiger partial charge in [-0.15, -0.1) is 0 Å². The molecular formula is C16H26N4O2. The second kappa shape index (κ2) is 7.05. The number of aromatic nitrogens is 2. The first kappa shape index (κ1) is 16.7. The molecule has 2 heterocycles. The van der Waals surface area contributed by atoms with Crippen LogP contribution in [0.3, 0.4) is 0 Å². The molecule has 1 unspecified atom stereocenters. The van der Waals surface area contributed by atoms with E-state index < -0.39 is 0 Å². The summed E-state index contributed by atoms with van der Waals surface area (Å²) >= 11 is 0. The third-order valence-electron chi connectivity index (χ3n) is 3.70. The molecule has 0 aliphatic carbocycles. The van der Waals surface area contributed by atoms with Crippen molar-refractivity contribution in [2.45, 2.75) is 39.5 Å². The highest BCUT2D eigenvalue weighted by Gasteiger charge is 2.26. The van der Waals surface area contributed by atoms with Gasteiger partial charge in [0.05, 0.1) is 24.7 Å². The number of carbonyl (C=O) groups excluding carboxylic acids is 1. The number of amides is 2. The molecule has 1 fully saturated rings. The molecule has 22 heavy (non-hydrogen) atoms. The predicted octanol–water partition coefficient (Wildman–Crippen LogP) is 2.66. The molecule has 0 bridgehead atoms. The minimum absolute atomic E-state index is 0.0916. The number of hydrogen-bond donors (Lipinski definition) is 1. The molecule has 2 rings (SSSR count). The molecule has 0 saturated carbocycles. The van der Waals surface area contributed by atoms with E-state index in [4.69, 9.17) is 4.74 Å². The molecular weight excluding hydrogens is 280 g/mol. The van der Waals surface area contributed by atoms with Crippen molar-refractivity contribution in [2.75, 3.05) is 31.6 Å². The Hall–Kier alpha value is -1.69. The summed E-state index contributed by atoms with van der Waals surface area (Å²) in [5.41, 5.74) is 0.538. The maximum absolute atomic E-state index is 12.2. The molecule has 6 nitrogen and oxygen atoms in total. The lowest BCUT2D eigenvalue weighted by Gasteiger charge is -2.18. The van der Waals surface area contributed by atoms with Gasteiger partial charge in [0.15, 0.2) is 0 Å².